The summed E-state index contributed by atoms with van der Waals surface area (Å²) in [6, 6.07) is 7.92. The van der Waals surface area contributed by atoms with Gasteiger partial charge in [0.05, 0.1) is 17.6 Å². The molecule has 0 atom stereocenters. The van der Waals surface area contributed by atoms with Gasteiger partial charge in [0, 0.05) is 19.1 Å². The molecule has 1 aromatic heterocycles. The highest BCUT2D eigenvalue weighted by Crippen LogP contribution is 2.24. The van der Waals surface area contributed by atoms with Crippen LogP contribution in [0.15, 0.2) is 29.1 Å². The fraction of sp³-hybridized carbons (Fsp3) is 0.556. The van der Waals surface area contributed by atoms with Crippen LogP contribution in [-0.2, 0) is 4.79 Å². The van der Waals surface area contributed by atoms with E-state index < -0.39 is 0 Å². The lowest BCUT2D eigenvalue weighted by molar-refractivity contribution is -0.131. The molecule has 0 unspecified atom stereocenters. The average Bonchev–Trinajstić information content (AvgIpc) is 2.90. The number of nitrogens with one attached hydrogen (secondary N) is 2. The molecule has 0 radical (unpaired) electrons. The highest BCUT2D eigenvalue weighted by Gasteiger charge is 2.25. The molecule has 1 aliphatic heterocycles. The molecule has 3 rings (SSSR count). The van der Waals surface area contributed by atoms with Gasteiger partial charge in [0.2, 0.25) is 5.91 Å². The number of likely N-dealkylation sites (tertiary alicyclic amines) is 1. The first-order chi connectivity index (χ1) is 11.6. The Morgan fingerprint density at radius 2 is 2.00 bits per heavy atom. The second-order valence-corrected chi connectivity index (χ2v) is 6.95. The van der Waals surface area contributed by atoms with E-state index in [1.807, 2.05) is 33.7 Å². The molecule has 1 aromatic carbocycles. The number of hydrogen-bond acceptors (Lipinski definition) is 3. The Bertz CT molecular complexity index is 754. The monoisotopic (exact) mass is 330 g/mol. The first kappa shape index (κ1) is 16.8. The van der Waals surface area contributed by atoms with Gasteiger partial charge in [-0.15, -0.1) is 0 Å². The molecular weight excluding hydrogens is 304 g/mol. The smallest absolute Gasteiger partial charge is 0.326 e. The van der Waals surface area contributed by atoms with E-state index in [0.717, 1.165) is 30.4 Å². The zero-order valence-electron chi connectivity index (χ0n) is 14.4. The van der Waals surface area contributed by atoms with Crippen molar-refractivity contribution in [2.75, 3.05) is 26.2 Å². The lowest BCUT2D eigenvalue weighted by atomic mass is 10.0. The fourth-order valence-corrected chi connectivity index (χ4v) is 3.39. The lowest BCUT2D eigenvalue weighted by Crippen LogP contribution is -2.44. The van der Waals surface area contributed by atoms with Crippen LogP contribution in [0.3, 0.4) is 0 Å². The van der Waals surface area contributed by atoms with Crippen LogP contribution in [0.2, 0.25) is 0 Å². The fourth-order valence-electron chi connectivity index (χ4n) is 3.39. The number of imidazole rings is 1. The second-order valence-electron chi connectivity index (χ2n) is 6.95. The standard InChI is InChI=1S/C18H26N4O2/c1-13(2)11-19-12-17(23)21-9-7-14(8-10-21)22-16-6-4-3-5-15(16)20-18(22)24/h3-6,13-14,19H,7-12H2,1-2H3,(H,20,24). The average molecular weight is 330 g/mol. The van der Waals surface area contributed by atoms with Gasteiger partial charge in [0.15, 0.2) is 0 Å². The van der Waals surface area contributed by atoms with Crippen molar-refractivity contribution >= 4 is 16.9 Å². The van der Waals surface area contributed by atoms with Gasteiger partial charge < -0.3 is 15.2 Å². The van der Waals surface area contributed by atoms with Crippen molar-refractivity contribution in [1.82, 2.24) is 19.8 Å². The van der Waals surface area contributed by atoms with E-state index in [1.165, 1.54) is 0 Å². The van der Waals surface area contributed by atoms with Gasteiger partial charge in [-0.1, -0.05) is 26.0 Å². The van der Waals surface area contributed by atoms with Gasteiger partial charge >= 0.3 is 5.69 Å². The number of benzene rings is 1. The molecule has 130 valence electrons. The largest absolute Gasteiger partial charge is 0.341 e. The van der Waals surface area contributed by atoms with Crippen molar-refractivity contribution in [2.45, 2.75) is 32.7 Å². The van der Waals surface area contributed by atoms with E-state index in [1.54, 1.807) is 0 Å². The molecule has 6 heteroatoms. The number of hydrogen-bond donors (Lipinski definition) is 2. The van der Waals surface area contributed by atoms with Gasteiger partial charge in [0.1, 0.15) is 0 Å². The summed E-state index contributed by atoms with van der Waals surface area (Å²) in [5.74, 6) is 0.692. The minimum absolute atomic E-state index is 0.0559. The summed E-state index contributed by atoms with van der Waals surface area (Å²) < 4.78 is 1.86. The van der Waals surface area contributed by atoms with Crippen molar-refractivity contribution in [2.24, 2.45) is 5.92 Å². The zero-order chi connectivity index (χ0) is 17.1. The Hall–Kier alpha value is -2.08. The number of piperidine rings is 1. The molecule has 1 fully saturated rings. The molecule has 1 aliphatic rings. The van der Waals surface area contributed by atoms with Crippen molar-refractivity contribution in [3.8, 4) is 0 Å². The second kappa shape index (κ2) is 7.21. The summed E-state index contributed by atoms with van der Waals surface area (Å²) in [5.41, 5.74) is 1.77. The van der Waals surface area contributed by atoms with E-state index in [4.69, 9.17) is 0 Å². The normalized spacial score (nSPS) is 16.2. The van der Waals surface area contributed by atoms with E-state index in [0.29, 0.717) is 25.6 Å². The molecular formula is C18H26N4O2. The van der Waals surface area contributed by atoms with E-state index in [-0.39, 0.29) is 17.6 Å². The Morgan fingerprint density at radius 1 is 1.29 bits per heavy atom. The van der Waals surface area contributed by atoms with Crippen LogP contribution >= 0.6 is 0 Å². The molecule has 0 aliphatic carbocycles. The van der Waals surface area contributed by atoms with E-state index >= 15 is 0 Å². The van der Waals surface area contributed by atoms with Crippen LogP contribution in [0.25, 0.3) is 11.0 Å². The summed E-state index contributed by atoms with van der Waals surface area (Å²) in [6.45, 7) is 6.92. The minimum atomic E-state index is -0.0559. The number of aromatic nitrogens is 2. The van der Waals surface area contributed by atoms with Crippen LogP contribution < -0.4 is 11.0 Å². The van der Waals surface area contributed by atoms with Gasteiger partial charge in [-0.2, -0.15) is 0 Å². The topological polar surface area (TPSA) is 70.1 Å². The number of fused-ring (bicyclic) bond motifs is 1. The first-order valence-corrected chi connectivity index (χ1v) is 8.74. The minimum Gasteiger partial charge on any atom is -0.341 e. The van der Waals surface area contributed by atoms with Gasteiger partial charge in [0.25, 0.3) is 0 Å². The number of carbonyl (C=O) groups is 1. The molecule has 1 saturated heterocycles. The van der Waals surface area contributed by atoms with Gasteiger partial charge in [-0.05, 0) is 37.4 Å². The maximum absolute atomic E-state index is 12.3. The quantitative estimate of drug-likeness (QED) is 0.877. The third-order valence-corrected chi connectivity index (χ3v) is 4.64. The number of para-hydroxylation sites is 2. The number of rotatable bonds is 5. The Labute approximate surface area is 141 Å². The summed E-state index contributed by atoms with van der Waals surface area (Å²) in [6.07, 6.45) is 1.63. The van der Waals surface area contributed by atoms with E-state index in [9.17, 15) is 9.59 Å². The molecule has 1 amide bonds. The molecule has 2 N–H and O–H groups in total. The Balaban J connectivity index is 1.61. The van der Waals surface area contributed by atoms with Crippen LogP contribution in [-0.4, -0.2) is 46.5 Å². The highest BCUT2D eigenvalue weighted by molar-refractivity contribution is 5.78. The maximum Gasteiger partial charge on any atom is 0.326 e. The number of carbonyl (C=O) groups excluding carboxylic acids is 1. The predicted octanol–water partition coefficient (Wildman–Crippen LogP) is 1.74. The molecule has 2 heterocycles. The van der Waals surface area contributed by atoms with E-state index in [2.05, 4.69) is 24.1 Å². The Morgan fingerprint density at radius 3 is 2.71 bits per heavy atom. The molecule has 6 nitrogen and oxygen atoms in total. The highest BCUT2D eigenvalue weighted by atomic mass is 16.2. The number of H-pyrrole nitrogens is 1. The summed E-state index contributed by atoms with van der Waals surface area (Å²) >= 11 is 0. The summed E-state index contributed by atoms with van der Waals surface area (Å²) in [7, 11) is 0. The van der Waals surface area contributed by atoms with Crippen molar-refractivity contribution in [1.29, 1.82) is 0 Å². The number of aromatic amines is 1. The summed E-state index contributed by atoms with van der Waals surface area (Å²) in [5, 5.41) is 3.20. The number of nitrogens with zero attached hydrogens (tertiary/aromatic N) is 2. The molecule has 24 heavy (non-hydrogen) atoms. The zero-order valence-corrected chi connectivity index (χ0v) is 14.4. The molecule has 0 bridgehead atoms. The van der Waals surface area contributed by atoms with Crippen LogP contribution in [0.4, 0.5) is 0 Å². The van der Waals surface area contributed by atoms with Crippen molar-refractivity contribution in [3.05, 3.63) is 34.7 Å². The SMILES string of the molecule is CC(C)CNCC(=O)N1CCC(n2c(=O)[nH]c3ccccc32)CC1. The first-order valence-electron chi connectivity index (χ1n) is 8.74. The third-order valence-electron chi connectivity index (χ3n) is 4.64. The lowest BCUT2D eigenvalue weighted by Gasteiger charge is -2.32. The van der Waals surface area contributed by atoms with Crippen molar-refractivity contribution < 1.29 is 4.79 Å². The van der Waals surface area contributed by atoms with Gasteiger partial charge in [-0.3, -0.25) is 9.36 Å². The van der Waals surface area contributed by atoms with Crippen LogP contribution in [0.1, 0.15) is 32.7 Å². The van der Waals surface area contributed by atoms with Crippen LogP contribution in [0.5, 0.6) is 0 Å². The van der Waals surface area contributed by atoms with Crippen molar-refractivity contribution in [3.63, 3.8) is 0 Å². The summed E-state index contributed by atoms with van der Waals surface area (Å²) in [4.78, 5) is 29.3. The van der Waals surface area contributed by atoms with Gasteiger partial charge in [-0.25, -0.2) is 4.79 Å². The maximum atomic E-state index is 12.3. The molecule has 0 saturated carbocycles. The number of amides is 1. The molecule has 2 aromatic rings. The van der Waals surface area contributed by atoms with Crippen LogP contribution in [0, 0.1) is 5.92 Å². The third kappa shape index (κ3) is 3.53. The predicted molar refractivity (Wildman–Crippen MR) is 95.1 cm³/mol. The Kier molecular flexibility index (Phi) is 5.04. The molecule has 0 spiro atoms.